The molecule has 0 saturated carbocycles. The molecule has 1 aliphatic heterocycles. The average Bonchev–Trinajstić information content (AvgIpc) is 2.40. The SMILES string of the molecule is C=C1OC(c2ccccc2)Oc2ccccc21. The van der Waals surface area contributed by atoms with E-state index in [4.69, 9.17) is 9.47 Å². The van der Waals surface area contributed by atoms with Crippen molar-refractivity contribution in [1.29, 1.82) is 0 Å². The van der Waals surface area contributed by atoms with Gasteiger partial charge in [0.2, 0.25) is 0 Å². The van der Waals surface area contributed by atoms with Gasteiger partial charge in [-0.15, -0.1) is 0 Å². The fourth-order valence-electron chi connectivity index (χ4n) is 1.88. The molecule has 1 unspecified atom stereocenters. The maximum absolute atomic E-state index is 5.81. The minimum Gasteiger partial charge on any atom is -0.450 e. The van der Waals surface area contributed by atoms with Gasteiger partial charge in [0.1, 0.15) is 11.5 Å². The van der Waals surface area contributed by atoms with E-state index in [0.717, 1.165) is 16.9 Å². The van der Waals surface area contributed by atoms with Crippen molar-refractivity contribution < 1.29 is 9.47 Å². The molecule has 3 rings (SSSR count). The number of fused-ring (bicyclic) bond motifs is 1. The highest BCUT2D eigenvalue weighted by molar-refractivity contribution is 5.65. The minimum atomic E-state index is -0.404. The van der Waals surface area contributed by atoms with Crippen LogP contribution in [0.3, 0.4) is 0 Å². The lowest BCUT2D eigenvalue weighted by Gasteiger charge is -2.28. The van der Waals surface area contributed by atoms with Crippen LogP contribution in [-0.4, -0.2) is 0 Å². The van der Waals surface area contributed by atoms with E-state index in [1.165, 1.54) is 0 Å². The van der Waals surface area contributed by atoms with Crippen molar-refractivity contribution in [2.75, 3.05) is 0 Å². The lowest BCUT2D eigenvalue weighted by Crippen LogP contribution is -2.16. The third kappa shape index (κ3) is 1.78. The second kappa shape index (κ2) is 3.98. The Morgan fingerprint density at radius 3 is 2.35 bits per heavy atom. The number of ether oxygens (including phenoxy) is 2. The van der Waals surface area contributed by atoms with Crippen LogP contribution in [0.2, 0.25) is 0 Å². The number of para-hydroxylation sites is 1. The van der Waals surface area contributed by atoms with E-state index in [1.54, 1.807) is 0 Å². The molecule has 0 amide bonds. The first kappa shape index (κ1) is 9.97. The Bertz CT molecular complexity index is 546. The maximum Gasteiger partial charge on any atom is 0.267 e. The molecule has 0 saturated heterocycles. The summed E-state index contributed by atoms with van der Waals surface area (Å²) in [5, 5.41) is 0. The van der Waals surface area contributed by atoms with Crippen LogP contribution in [0.5, 0.6) is 5.75 Å². The molecule has 0 spiro atoms. The van der Waals surface area contributed by atoms with Crippen LogP contribution in [0, 0.1) is 0 Å². The smallest absolute Gasteiger partial charge is 0.267 e. The third-order valence-corrected chi connectivity index (χ3v) is 2.74. The number of rotatable bonds is 1. The van der Waals surface area contributed by atoms with Gasteiger partial charge in [-0.2, -0.15) is 0 Å². The highest BCUT2D eigenvalue weighted by Crippen LogP contribution is 2.37. The van der Waals surface area contributed by atoms with Gasteiger partial charge in [-0.25, -0.2) is 0 Å². The van der Waals surface area contributed by atoms with E-state index in [-0.39, 0.29) is 0 Å². The molecule has 1 heterocycles. The van der Waals surface area contributed by atoms with Crippen LogP contribution < -0.4 is 4.74 Å². The summed E-state index contributed by atoms with van der Waals surface area (Å²) in [6, 6.07) is 17.6. The van der Waals surface area contributed by atoms with Gasteiger partial charge in [-0.3, -0.25) is 0 Å². The molecule has 2 nitrogen and oxygen atoms in total. The Morgan fingerprint density at radius 1 is 0.824 bits per heavy atom. The Morgan fingerprint density at radius 2 is 1.53 bits per heavy atom. The van der Waals surface area contributed by atoms with Crippen molar-refractivity contribution in [3.8, 4) is 5.75 Å². The summed E-state index contributed by atoms with van der Waals surface area (Å²) < 4.78 is 11.5. The van der Waals surface area contributed by atoms with Crippen molar-refractivity contribution in [2.45, 2.75) is 6.29 Å². The average molecular weight is 224 g/mol. The zero-order valence-electron chi connectivity index (χ0n) is 9.30. The van der Waals surface area contributed by atoms with Gasteiger partial charge in [0.05, 0.1) is 5.56 Å². The fraction of sp³-hybridized carbons (Fsp3) is 0.0667. The summed E-state index contributed by atoms with van der Waals surface area (Å²) in [5.74, 6) is 1.47. The van der Waals surface area contributed by atoms with E-state index in [2.05, 4.69) is 6.58 Å². The Hall–Kier alpha value is -2.22. The molecule has 84 valence electrons. The van der Waals surface area contributed by atoms with Crippen molar-refractivity contribution in [1.82, 2.24) is 0 Å². The molecule has 0 aliphatic carbocycles. The summed E-state index contributed by atoms with van der Waals surface area (Å²) in [6.45, 7) is 3.93. The van der Waals surface area contributed by atoms with Crippen LogP contribution in [0.1, 0.15) is 17.4 Å². The zero-order valence-corrected chi connectivity index (χ0v) is 9.30. The van der Waals surface area contributed by atoms with E-state index < -0.39 is 6.29 Å². The van der Waals surface area contributed by atoms with Gasteiger partial charge >= 0.3 is 0 Å². The Balaban J connectivity index is 1.97. The van der Waals surface area contributed by atoms with Gasteiger partial charge < -0.3 is 9.47 Å². The second-order valence-electron chi connectivity index (χ2n) is 3.90. The highest BCUT2D eigenvalue weighted by atomic mass is 16.7. The number of hydrogen-bond donors (Lipinski definition) is 0. The van der Waals surface area contributed by atoms with Gasteiger partial charge in [0.25, 0.3) is 6.29 Å². The van der Waals surface area contributed by atoms with E-state index in [1.807, 2.05) is 54.6 Å². The lowest BCUT2D eigenvalue weighted by atomic mass is 10.1. The minimum absolute atomic E-state index is 0.404. The molecule has 2 aromatic rings. The van der Waals surface area contributed by atoms with E-state index >= 15 is 0 Å². The molecule has 0 bridgehead atoms. The molecule has 0 radical (unpaired) electrons. The summed E-state index contributed by atoms with van der Waals surface area (Å²) in [4.78, 5) is 0. The van der Waals surface area contributed by atoms with Gasteiger partial charge in [0.15, 0.2) is 0 Å². The fourth-order valence-corrected chi connectivity index (χ4v) is 1.88. The monoisotopic (exact) mass is 224 g/mol. The zero-order chi connectivity index (χ0) is 11.7. The third-order valence-electron chi connectivity index (χ3n) is 2.74. The summed E-state index contributed by atoms with van der Waals surface area (Å²) in [6.07, 6.45) is -0.404. The van der Waals surface area contributed by atoms with Crippen molar-refractivity contribution >= 4 is 5.76 Å². The molecule has 2 heteroatoms. The first-order valence-corrected chi connectivity index (χ1v) is 5.51. The van der Waals surface area contributed by atoms with Crippen LogP contribution in [0.15, 0.2) is 61.2 Å². The quantitative estimate of drug-likeness (QED) is 0.734. The molecular formula is C15H12O2. The first-order chi connectivity index (χ1) is 8.34. The maximum atomic E-state index is 5.81. The number of hydrogen-bond acceptors (Lipinski definition) is 2. The largest absolute Gasteiger partial charge is 0.450 e. The van der Waals surface area contributed by atoms with Crippen LogP contribution in [0.4, 0.5) is 0 Å². The van der Waals surface area contributed by atoms with E-state index in [0.29, 0.717) is 5.76 Å². The molecule has 0 fully saturated rings. The first-order valence-electron chi connectivity index (χ1n) is 5.51. The molecule has 2 aromatic carbocycles. The standard InChI is InChI=1S/C15H12O2/c1-11-13-9-5-6-10-14(13)17-15(16-11)12-7-3-2-4-8-12/h2-10,15H,1H2. The summed E-state index contributed by atoms with van der Waals surface area (Å²) in [7, 11) is 0. The van der Waals surface area contributed by atoms with Crippen LogP contribution in [0.25, 0.3) is 5.76 Å². The topological polar surface area (TPSA) is 18.5 Å². The van der Waals surface area contributed by atoms with Gasteiger partial charge in [-0.05, 0) is 12.1 Å². The normalized spacial score (nSPS) is 17.9. The molecule has 0 N–H and O–H groups in total. The summed E-state index contributed by atoms with van der Waals surface area (Å²) in [5.41, 5.74) is 1.91. The van der Waals surface area contributed by atoms with Crippen molar-refractivity contribution in [3.63, 3.8) is 0 Å². The molecule has 0 aromatic heterocycles. The van der Waals surface area contributed by atoms with Crippen molar-refractivity contribution in [3.05, 3.63) is 72.3 Å². The molecule has 1 atom stereocenters. The summed E-state index contributed by atoms with van der Waals surface area (Å²) >= 11 is 0. The predicted octanol–water partition coefficient (Wildman–Crippen LogP) is 3.77. The van der Waals surface area contributed by atoms with E-state index in [9.17, 15) is 0 Å². The van der Waals surface area contributed by atoms with Crippen molar-refractivity contribution in [2.24, 2.45) is 0 Å². The molecule has 1 aliphatic rings. The van der Waals surface area contributed by atoms with Gasteiger partial charge in [-0.1, -0.05) is 49.0 Å². The lowest BCUT2D eigenvalue weighted by molar-refractivity contribution is -0.0306. The molecular weight excluding hydrogens is 212 g/mol. The second-order valence-corrected chi connectivity index (χ2v) is 3.90. The molecule has 17 heavy (non-hydrogen) atoms. The van der Waals surface area contributed by atoms with Crippen LogP contribution in [-0.2, 0) is 4.74 Å². The highest BCUT2D eigenvalue weighted by Gasteiger charge is 2.24. The van der Waals surface area contributed by atoms with Crippen LogP contribution >= 0.6 is 0 Å². The Kier molecular flexibility index (Phi) is 2.33. The predicted molar refractivity (Wildman–Crippen MR) is 66.4 cm³/mol. The number of benzene rings is 2. The Labute approximate surface area is 100 Å². The van der Waals surface area contributed by atoms with Gasteiger partial charge in [0, 0.05) is 5.56 Å².